The number of carboxylic acid groups (broad SMARTS) is 1. The molecule has 16 nitrogen and oxygen atoms in total. The van der Waals surface area contributed by atoms with Crippen LogP contribution >= 0.6 is 0 Å². The Balaban J connectivity index is 1.70. The lowest BCUT2D eigenvalue weighted by molar-refractivity contribution is -0.138. The molecule has 3 aliphatic rings. The van der Waals surface area contributed by atoms with Crippen LogP contribution in [-0.2, 0) is 50.0 Å². The Bertz CT molecular complexity index is 2270. The van der Waals surface area contributed by atoms with Gasteiger partial charge in [0.25, 0.3) is 0 Å². The molecule has 0 aromatic heterocycles. The Labute approximate surface area is 321 Å². The van der Waals surface area contributed by atoms with Gasteiger partial charge in [0.05, 0.1) is 70.3 Å². The van der Waals surface area contributed by atoms with Gasteiger partial charge in [-0.25, -0.2) is 29.8 Å². The van der Waals surface area contributed by atoms with E-state index in [0.717, 1.165) is 16.5 Å². The average Bonchev–Trinajstić information content (AvgIpc) is 3.32. The molecule has 55 heavy (non-hydrogen) atoms. The van der Waals surface area contributed by atoms with E-state index in [1.54, 1.807) is 25.1 Å². The molecular formula is C36H44N2O14S3-2. The van der Waals surface area contributed by atoms with E-state index >= 15 is 0 Å². The van der Waals surface area contributed by atoms with Crippen molar-refractivity contribution < 1.29 is 62.7 Å². The molecule has 2 aliphatic heterocycles. The molecule has 0 radical (unpaired) electrons. The van der Waals surface area contributed by atoms with E-state index < -0.39 is 58.1 Å². The number of rotatable bonds is 21. The number of hydrogen-bond acceptors (Lipinski definition) is 14. The van der Waals surface area contributed by atoms with Crippen molar-refractivity contribution in [1.29, 1.82) is 0 Å². The van der Waals surface area contributed by atoms with Crippen LogP contribution in [0.3, 0.4) is 0 Å². The van der Waals surface area contributed by atoms with Gasteiger partial charge in [-0.2, -0.15) is 0 Å². The number of hydrogen-bond donors (Lipinski definition) is 1. The molecule has 0 amide bonds. The van der Waals surface area contributed by atoms with Crippen molar-refractivity contribution in [2.75, 3.05) is 62.5 Å². The number of carboxylic acids is 1. The van der Waals surface area contributed by atoms with Crippen LogP contribution in [0.5, 0.6) is 0 Å². The second-order valence-electron chi connectivity index (χ2n) is 13.0. The van der Waals surface area contributed by atoms with Crippen molar-refractivity contribution in [3.8, 4) is 11.3 Å². The number of allylic oxidation sites excluding steroid dienone is 3. The molecule has 0 saturated carbocycles. The first-order valence-corrected chi connectivity index (χ1v) is 22.0. The molecule has 1 aromatic rings. The second-order valence-corrected chi connectivity index (χ2v) is 17.4. The van der Waals surface area contributed by atoms with E-state index in [1.807, 2.05) is 40.7 Å². The van der Waals surface area contributed by atoms with Crippen LogP contribution in [0.2, 0.25) is 0 Å². The van der Waals surface area contributed by atoms with Gasteiger partial charge in [0, 0.05) is 52.9 Å². The molecule has 0 spiro atoms. The van der Waals surface area contributed by atoms with E-state index in [-0.39, 0.29) is 58.7 Å². The SMILES string of the molecule is CC[N+](CCCS(=O)(=O)[O-])=c1ccc2c(/C=C/C=C3/N(CCOCCOCCC(=O)O)c4ccc(S(=O)(=O)[O-])cc4C3(C)CCCS(=O)(=O)[O-])ccoc-2c1. The number of benzene rings is 2. The number of aliphatic carboxylic acids is 1. The van der Waals surface area contributed by atoms with Crippen LogP contribution in [0.4, 0.5) is 5.69 Å². The first-order chi connectivity index (χ1) is 25.8. The van der Waals surface area contributed by atoms with Crippen LogP contribution in [-0.4, -0.2) is 108 Å². The van der Waals surface area contributed by atoms with Crippen molar-refractivity contribution in [1.82, 2.24) is 4.58 Å². The van der Waals surface area contributed by atoms with Crippen molar-refractivity contribution in [3.63, 3.8) is 0 Å². The molecule has 1 N–H and O–H groups in total. The quantitative estimate of drug-likeness (QED) is 0.0921. The molecule has 0 bridgehead atoms. The summed E-state index contributed by atoms with van der Waals surface area (Å²) in [5.74, 6) is -1.57. The first kappa shape index (κ1) is 43.8. The fourth-order valence-corrected chi connectivity index (χ4v) is 8.01. The molecule has 1 aliphatic carbocycles. The zero-order chi connectivity index (χ0) is 40.4. The summed E-state index contributed by atoms with van der Waals surface area (Å²) in [6.45, 7) is 5.35. The van der Waals surface area contributed by atoms with Crippen LogP contribution in [0.1, 0.15) is 50.7 Å². The summed E-state index contributed by atoms with van der Waals surface area (Å²) in [4.78, 5) is 12.1. The number of carbonyl (C=O) groups is 1. The zero-order valence-corrected chi connectivity index (χ0v) is 32.9. The van der Waals surface area contributed by atoms with Gasteiger partial charge in [-0.1, -0.05) is 12.2 Å². The third kappa shape index (κ3) is 12.5. The molecule has 0 fully saturated rings. The third-order valence-electron chi connectivity index (χ3n) is 9.18. The molecule has 2 heterocycles. The highest BCUT2D eigenvalue weighted by Gasteiger charge is 2.43. The molecule has 302 valence electrons. The molecule has 1 unspecified atom stereocenters. The predicted octanol–water partition coefficient (Wildman–Crippen LogP) is 2.52. The van der Waals surface area contributed by atoms with E-state index in [0.29, 0.717) is 35.8 Å². The maximum atomic E-state index is 12.1. The lowest BCUT2D eigenvalue weighted by Gasteiger charge is -2.30. The van der Waals surface area contributed by atoms with Gasteiger partial charge < -0.3 is 37.6 Å². The van der Waals surface area contributed by atoms with Crippen LogP contribution in [0, 0.1) is 0 Å². The number of nitrogens with zero attached hydrogens (tertiary/aromatic N) is 2. The summed E-state index contributed by atoms with van der Waals surface area (Å²) < 4.78 is 123. The average molecular weight is 825 g/mol. The van der Waals surface area contributed by atoms with Gasteiger partial charge in [0.2, 0.25) is 5.36 Å². The monoisotopic (exact) mass is 824 g/mol. The van der Waals surface area contributed by atoms with Gasteiger partial charge in [-0.15, -0.1) is 0 Å². The Morgan fingerprint density at radius 3 is 2.27 bits per heavy atom. The molecular weight excluding hydrogens is 781 g/mol. The topological polar surface area (TPSA) is 247 Å². The summed E-state index contributed by atoms with van der Waals surface area (Å²) in [6, 6.07) is 11.3. The summed E-state index contributed by atoms with van der Waals surface area (Å²) in [7, 11) is -13.8. The van der Waals surface area contributed by atoms with Crippen molar-refractivity contribution in [2.45, 2.75) is 49.8 Å². The highest BCUT2D eigenvalue weighted by Crippen LogP contribution is 2.51. The number of anilines is 1. The predicted molar refractivity (Wildman–Crippen MR) is 199 cm³/mol. The minimum Gasteiger partial charge on any atom is -0.748 e. The van der Waals surface area contributed by atoms with Gasteiger partial charge in [-0.3, -0.25) is 4.79 Å². The molecule has 4 rings (SSSR count). The van der Waals surface area contributed by atoms with Crippen LogP contribution in [0.15, 0.2) is 75.9 Å². The minimum atomic E-state index is -4.86. The van der Waals surface area contributed by atoms with Gasteiger partial charge in [0.1, 0.15) is 29.0 Å². The molecule has 1 aromatic carbocycles. The van der Waals surface area contributed by atoms with E-state index in [9.17, 15) is 43.7 Å². The molecule has 1 atom stereocenters. The van der Waals surface area contributed by atoms with Crippen LogP contribution < -0.4 is 14.8 Å². The van der Waals surface area contributed by atoms with E-state index in [4.69, 9.17) is 19.0 Å². The van der Waals surface area contributed by atoms with Gasteiger partial charge in [0.15, 0.2) is 0 Å². The summed E-state index contributed by atoms with van der Waals surface area (Å²) in [5.41, 5.74) is 2.09. The lowest BCUT2D eigenvalue weighted by atomic mass is 9.77. The fourth-order valence-electron chi connectivity index (χ4n) is 6.54. The van der Waals surface area contributed by atoms with E-state index in [1.165, 1.54) is 24.5 Å². The third-order valence-corrected chi connectivity index (χ3v) is 11.6. The van der Waals surface area contributed by atoms with Crippen LogP contribution in [0.25, 0.3) is 17.4 Å². The van der Waals surface area contributed by atoms with Gasteiger partial charge >= 0.3 is 5.97 Å². The second kappa shape index (κ2) is 18.8. The normalized spacial score (nSPS) is 17.7. The number of ether oxygens (including phenoxy) is 2. The lowest BCUT2D eigenvalue weighted by Crippen LogP contribution is -2.31. The maximum absolute atomic E-state index is 12.1. The minimum absolute atomic E-state index is 0.0285. The molecule has 19 heteroatoms. The number of fused-ring (bicyclic) bond motifs is 2. The Kier molecular flexibility index (Phi) is 15.0. The summed E-state index contributed by atoms with van der Waals surface area (Å²) in [5, 5.41) is 9.55. The van der Waals surface area contributed by atoms with E-state index in [2.05, 4.69) is 0 Å². The largest absolute Gasteiger partial charge is 0.748 e. The van der Waals surface area contributed by atoms with Crippen molar-refractivity contribution in [2.24, 2.45) is 0 Å². The fraction of sp³-hybridized carbons (Fsp3) is 0.444. The highest BCUT2D eigenvalue weighted by molar-refractivity contribution is 7.86. The zero-order valence-electron chi connectivity index (χ0n) is 30.4. The Morgan fingerprint density at radius 1 is 0.927 bits per heavy atom. The highest BCUT2D eigenvalue weighted by atomic mass is 32.2. The standard InChI is InChI=1S/C36H46N2O14S3/c1-3-37(16-6-24-54(44,45)46)28-9-11-30-27(13-19-52-33(30)25-28)7-4-8-34-36(2,15-5-23-53(41,42)43)31-26-29(55(47,48)49)10-12-32(31)38(34)17-20-51-22-21-50-18-14-35(39)40/h4,7-13,19,25-26H,3,5-6,14-18,20-24H2,1-2H3,(H3-,39,40,41,42,43,44,45,46,47,48,49)/p-2. The summed E-state index contributed by atoms with van der Waals surface area (Å²) >= 11 is 0. The molecule has 0 saturated heterocycles. The first-order valence-electron chi connectivity index (χ1n) is 17.4. The van der Waals surface area contributed by atoms with Crippen molar-refractivity contribution >= 4 is 48.1 Å². The summed E-state index contributed by atoms with van der Waals surface area (Å²) in [6.07, 6.45) is 6.98. The van der Waals surface area contributed by atoms with Gasteiger partial charge in [-0.05, 0) is 74.2 Å². The smallest absolute Gasteiger partial charge is 0.305 e. The van der Waals surface area contributed by atoms with Crippen molar-refractivity contribution in [3.05, 3.63) is 83.1 Å². The maximum Gasteiger partial charge on any atom is 0.305 e. The Morgan fingerprint density at radius 2 is 1.62 bits per heavy atom. The Hall–Kier alpha value is -3.95.